The van der Waals surface area contributed by atoms with Gasteiger partial charge in [0, 0.05) is 50.5 Å². The maximum atomic E-state index is 12.0. The molecule has 3 rings (SSSR count). The molecule has 7 nitrogen and oxygen atoms in total. The lowest BCUT2D eigenvalue weighted by Crippen LogP contribution is -2.44. The van der Waals surface area contributed by atoms with Gasteiger partial charge in [0.2, 0.25) is 5.91 Å². The number of hydrogen-bond acceptors (Lipinski definition) is 5. The smallest absolute Gasteiger partial charge is 0.286 e. The Morgan fingerprint density at radius 2 is 1.81 bits per heavy atom. The van der Waals surface area contributed by atoms with E-state index in [2.05, 4.69) is 27.5 Å². The van der Waals surface area contributed by atoms with Crippen LogP contribution in [0.4, 0.5) is 11.4 Å². The zero-order valence-electron chi connectivity index (χ0n) is 14.9. The van der Waals surface area contributed by atoms with Crippen LogP contribution in [0, 0.1) is 0 Å². The van der Waals surface area contributed by atoms with Gasteiger partial charge in [-0.15, -0.1) is 0 Å². The third-order valence-electron chi connectivity index (χ3n) is 4.40. The van der Waals surface area contributed by atoms with Crippen molar-refractivity contribution in [3.05, 3.63) is 48.4 Å². The average molecular weight is 356 g/mol. The van der Waals surface area contributed by atoms with E-state index in [4.69, 9.17) is 4.42 Å². The van der Waals surface area contributed by atoms with Crippen LogP contribution >= 0.6 is 0 Å². The molecule has 2 amide bonds. The summed E-state index contributed by atoms with van der Waals surface area (Å²) >= 11 is 0. The highest BCUT2D eigenvalue weighted by atomic mass is 16.3. The second-order valence-electron chi connectivity index (χ2n) is 6.37. The molecule has 0 aliphatic carbocycles. The summed E-state index contributed by atoms with van der Waals surface area (Å²) in [5, 5.41) is 5.50. The minimum absolute atomic E-state index is 0.142. The molecule has 1 aromatic heterocycles. The number of amides is 2. The van der Waals surface area contributed by atoms with Crippen molar-refractivity contribution in [1.82, 2.24) is 10.2 Å². The Balaban J connectivity index is 1.42. The second-order valence-corrected chi connectivity index (χ2v) is 6.37. The number of nitrogens with zero attached hydrogens (tertiary/aromatic N) is 2. The second kappa shape index (κ2) is 8.53. The summed E-state index contributed by atoms with van der Waals surface area (Å²) in [6, 6.07) is 11.1. The van der Waals surface area contributed by atoms with Crippen LogP contribution < -0.4 is 15.5 Å². The van der Waals surface area contributed by atoms with E-state index in [0.717, 1.165) is 31.9 Å². The Morgan fingerprint density at radius 3 is 2.46 bits per heavy atom. The largest absolute Gasteiger partial charge is 0.459 e. The van der Waals surface area contributed by atoms with Crippen LogP contribution in [0.25, 0.3) is 0 Å². The molecule has 0 bridgehead atoms. The molecular weight excluding hydrogens is 332 g/mol. The predicted octanol–water partition coefficient (Wildman–Crippen LogP) is 1.79. The fourth-order valence-electron chi connectivity index (χ4n) is 2.83. The number of carbonyl (C=O) groups is 2. The number of likely N-dealkylation sites (N-methyl/N-ethyl adjacent to an activating group) is 1. The third-order valence-corrected chi connectivity index (χ3v) is 4.40. The number of furan rings is 1. The minimum Gasteiger partial charge on any atom is -0.459 e. The molecule has 0 radical (unpaired) electrons. The molecule has 2 heterocycles. The zero-order chi connectivity index (χ0) is 18.4. The van der Waals surface area contributed by atoms with Gasteiger partial charge in [0.1, 0.15) is 0 Å². The van der Waals surface area contributed by atoms with Crippen LogP contribution in [-0.4, -0.2) is 56.5 Å². The van der Waals surface area contributed by atoms with Crippen molar-refractivity contribution in [1.29, 1.82) is 0 Å². The van der Waals surface area contributed by atoms with Crippen molar-refractivity contribution in [3.8, 4) is 0 Å². The molecular formula is C19H24N4O3. The molecule has 0 spiro atoms. The summed E-state index contributed by atoms with van der Waals surface area (Å²) in [6.45, 7) is 4.39. The van der Waals surface area contributed by atoms with Crippen LogP contribution in [0.3, 0.4) is 0 Å². The van der Waals surface area contributed by atoms with Gasteiger partial charge in [-0.25, -0.2) is 0 Å². The van der Waals surface area contributed by atoms with Crippen LogP contribution in [0.1, 0.15) is 17.0 Å². The van der Waals surface area contributed by atoms with Crippen LogP contribution in [0.5, 0.6) is 0 Å². The van der Waals surface area contributed by atoms with Gasteiger partial charge in [0.25, 0.3) is 5.91 Å². The Kier molecular flexibility index (Phi) is 5.91. The fourth-order valence-corrected chi connectivity index (χ4v) is 2.83. The summed E-state index contributed by atoms with van der Waals surface area (Å²) in [7, 11) is 2.13. The standard InChI is InChI=1S/C19H24N4O3/c1-22-10-12-23(13-11-22)16-6-4-15(5-7-16)21-18(24)8-9-20-19(25)17-3-2-14-26-17/h2-7,14H,8-13H2,1H3,(H,20,25)(H,21,24). The van der Waals surface area contributed by atoms with Crippen molar-refractivity contribution in [3.63, 3.8) is 0 Å². The van der Waals surface area contributed by atoms with Crippen molar-refractivity contribution in [2.45, 2.75) is 6.42 Å². The van der Waals surface area contributed by atoms with Crippen LogP contribution in [0.15, 0.2) is 47.1 Å². The summed E-state index contributed by atoms with van der Waals surface area (Å²) in [5.74, 6) is -0.221. The Labute approximate surface area is 153 Å². The third kappa shape index (κ3) is 4.86. The van der Waals surface area contributed by atoms with Crippen LogP contribution in [-0.2, 0) is 4.79 Å². The normalized spacial score (nSPS) is 14.9. The van der Waals surface area contributed by atoms with E-state index in [0.29, 0.717) is 0 Å². The van der Waals surface area contributed by atoms with E-state index in [1.807, 2.05) is 24.3 Å². The lowest BCUT2D eigenvalue weighted by molar-refractivity contribution is -0.116. The summed E-state index contributed by atoms with van der Waals surface area (Å²) in [6.07, 6.45) is 1.64. The molecule has 1 fully saturated rings. The highest BCUT2D eigenvalue weighted by Gasteiger charge is 2.14. The topological polar surface area (TPSA) is 77.8 Å². The average Bonchev–Trinajstić information content (AvgIpc) is 3.18. The molecule has 1 saturated heterocycles. The summed E-state index contributed by atoms with van der Waals surface area (Å²) in [4.78, 5) is 28.4. The van der Waals surface area contributed by atoms with E-state index in [1.165, 1.54) is 12.0 Å². The number of rotatable bonds is 6. The molecule has 26 heavy (non-hydrogen) atoms. The number of anilines is 2. The zero-order valence-corrected chi connectivity index (χ0v) is 14.9. The summed E-state index contributed by atoms with van der Waals surface area (Å²) in [5.41, 5.74) is 1.92. The van der Waals surface area contributed by atoms with Gasteiger partial charge in [-0.2, -0.15) is 0 Å². The van der Waals surface area contributed by atoms with E-state index >= 15 is 0 Å². The Bertz CT molecular complexity index is 720. The molecule has 2 aromatic rings. The van der Waals surface area contributed by atoms with E-state index in [-0.39, 0.29) is 30.5 Å². The highest BCUT2D eigenvalue weighted by Crippen LogP contribution is 2.19. The number of carbonyl (C=O) groups excluding carboxylic acids is 2. The lowest BCUT2D eigenvalue weighted by Gasteiger charge is -2.34. The Morgan fingerprint density at radius 1 is 1.08 bits per heavy atom. The first kappa shape index (κ1) is 18.0. The van der Waals surface area contributed by atoms with E-state index in [9.17, 15) is 9.59 Å². The predicted molar refractivity (Wildman–Crippen MR) is 100 cm³/mol. The monoisotopic (exact) mass is 356 g/mol. The van der Waals surface area contributed by atoms with Crippen molar-refractivity contribution in [2.24, 2.45) is 0 Å². The van der Waals surface area contributed by atoms with Crippen molar-refractivity contribution in [2.75, 3.05) is 50.0 Å². The van der Waals surface area contributed by atoms with Gasteiger partial charge >= 0.3 is 0 Å². The molecule has 0 atom stereocenters. The van der Waals surface area contributed by atoms with Gasteiger partial charge in [-0.05, 0) is 43.4 Å². The van der Waals surface area contributed by atoms with E-state index in [1.54, 1.807) is 12.1 Å². The first-order chi connectivity index (χ1) is 12.6. The lowest BCUT2D eigenvalue weighted by atomic mass is 10.2. The molecule has 1 aliphatic rings. The molecule has 0 unspecified atom stereocenters. The SMILES string of the molecule is CN1CCN(c2ccc(NC(=O)CCNC(=O)c3ccco3)cc2)CC1. The molecule has 7 heteroatoms. The Hall–Kier alpha value is -2.80. The fraction of sp³-hybridized carbons (Fsp3) is 0.368. The molecule has 0 saturated carbocycles. The van der Waals surface area contributed by atoms with Crippen molar-refractivity contribution < 1.29 is 14.0 Å². The summed E-state index contributed by atoms with van der Waals surface area (Å²) < 4.78 is 5.00. The van der Waals surface area contributed by atoms with Gasteiger partial charge < -0.3 is 24.9 Å². The van der Waals surface area contributed by atoms with Crippen molar-refractivity contribution >= 4 is 23.2 Å². The first-order valence-electron chi connectivity index (χ1n) is 8.77. The molecule has 1 aromatic carbocycles. The molecule has 1 aliphatic heterocycles. The number of hydrogen-bond donors (Lipinski definition) is 2. The first-order valence-corrected chi connectivity index (χ1v) is 8.77. The number of nitrogens with one attached hydrogen (secondary N) is 2. The maximum absolute atomic E-state index is 12.0. The van der Waals surface area contributed by atoms with Gasteiger partial charge in [0.05, 0.1) is 6.26 Å². The maximum Gasteiger partial charge on any atom is 0.286 e. The van der Waals surface area contributed by atoms with Gasteiger partial charge in [0.15, 0.2) is 5.76 Å². The molecule has 138 valence electrons. The van der Waals surface area contributed by atoms with E-state index < -0.39 is 0 Å². The van der Waals surface area contributed by atoms with Gasteiger partial charge in [-0.3, -0.25) is 9.59 Å². The minimum atomic E-state index is -0.320. The quantitative estimate of drug-likeness (QED) is 0.825. The van der Waals surface area contributed by atoms with Crippen LogP contribution in [0.2, 0.25) is 0 Å². The number of benzene rings is 1. The molecule has 2 N–H and O–H groups in total. The number of piperazine rings is 1. The van der Waals surface area contributed by atoms with Gasteiger partial charge in [-0.1, -0.05) is 0 Å². The highest BCUT2D eigenvalue weighted by molar-refractivity contribution is 5.93.